The van der Waals surface area contributed by atoms with E-state index in [9.17, 15) is 13.2 Å². The van der Waals surface area contributed by atoms with Gasteiger partial charge < -0.3 is 14.8 Å². The summed E-state index contributed by atoms with van der Waals surface area (Å²) in [6.45, 7) is 4.20. The van der Waals surface area contributed by atoms with Crippen LogP contribution in [-0.4, -0.2) is 45.4 Å². The molecule has 2 aromatic carbocycles. The van der Waals surface area contributed by atoms with Gasteiger partial charge in [0.15, 0.2) is 11.5 Å². The van der Waals surface area contributed by atoms with Crippen LogP contribution >= 0.6 is 0 Å². The normalized spacial score (nSPS) is 11.0. The SMILES string of the molecule is CCOc1ccc(NC(=O)CN(C)S(=O)(=O)c2cccc(C#N)c2)cc1OCC. The Balaban J connectivity index is 2.11. The van der Waals surface area contributed by atoms with Crippen LogP contribution in [0.4, 0.5) is 5.69 Å². The molecule has 2 aromatic rings. The van der Waals surface area contributed by atoms with Gasteiger partial charge in [-0.25, -0.2) is 8.42 Å². The Bertz CT molecular complexity index is 1020. The van der Waals surface area contributed by atoms with Crippen LogP contribution in [0.25, 0.3) is 0 Å². The minimum Gasteiger partial charge on any atom is -0.490 e. The van der Waals surface area contributed by atoms with Crippen LogP contribution in [0.2, 0.25) is 0 Å². The third-order valence-electron chi connectivity index (χ3n) is 3.86. The summed E-state index contributed by atoms with van der Waals surface area (Å²) in [6, 6.07) is 12.5. The molecule has 2 rings (SSSR count). The van der Waals surface area contributed by atoms with E-state index in [0.29, 0.717) is 30.4 Å². The van der Waals surface area contributed by atoms with Gasteiger partial charge in [-0.3, -0.25) is 4.79 Å². The summed E-state index contributed by atoms with van der Waals surface area (Å²) >= 11 is 0. The van der Waals surface area contributed by atoms with E-state index in [0.717, 1.165) is 4.31 Å². The summed E-state index contributed by atoms with van der Waals surface area (Å²) in [6.07, 6.45) is 0. The van der Waals surface area contributed by atoms with Crippen molar-refractivity contribution >= 4 is 21.6 Å². The van der Waals surface area contributed by atoms with Gasteiger partial charge in [0.2, 0.25) is 15.9 Å². The molecule has 0 aliphatic rings. The van der Waals surface area contributed by atoms with E-state index >= 15 is 0 Å². The molecule has 0 spiro atoms. The summed E-state index contributed by atoms with van der Waals surface area (Å²) in [5.41, 5.74) is 0.681. The van der Waals surface area contributed by atoms with Gasteiger partial charge in [-0.2, -0.15) is 9.57 Å². The van der Waals surface area contributed by atoms with Gasteiger partial charge in [0.1, 0.15) is 0 Å². The molecule has 154 valence electrons. The highest BCUT2D eigenvalue weighted by Gasteiger charge is 2.23. The number of sulfonamides is 1. The van der Waals surface area contributed by atoms with Crippen LogP contribution in [-0.2, 0) is 14.8 Å². The first-order valence-corrected chi connectivity index (χ1v) is 10.4. The van der Waals surface area contributed by atoms with Gasteiger partial charge in [-0.1, -0.05) is 6.07 Å². The number of anilines is 1. The molecule has 0 radical (unpaired) electrons. The first kappa shape index (κ1) is 22.2. The molecule has 0 aliphatic heterocycles. The number of carbonyl (C=O) groups excluding carboxylic acids is 1. The van der Waals surface area contributed by atoms with Crippen molar-refractivity contribution in [3.8, 4) is 17.6 Å². The highest BCUT2D eigenvalue weighted by Crippen LogP contribution is 2.30. The predicted molar refractivity (Wildman–Crippen MR) is 108 cm³/mol. The molecule has 0 saturated carbocycles. The number of hydrogen-bond donors (Lipinski definition) is 1. The maximum absolute atomic E-state index is 12.6. The summed E-state index contributed by atoms with van der Waals surface area (Å²) < 4.78 is 37.2. The van der Waals surface area contributed by atoms with E-state index in [1.54, 1.807) is 18.2 Å². The lowest BCUT2D eigenvalue weighted by atomic mass is 10.2. The van der Waals surface area contributed by atoms with Gasteiger partial charge >= 0.3 is 0 Å². The minimum absolute atomic E-state index is 0.0495. The Labute approximate surface area is 170 Å². The molecule has 0 fully saturated rings. The smallest absolute Gasteiger partial charge is 0.243 e. The van der Waals surface area contributed by atoms with Gasteiger partial charge in [0, 0.05) is 18.8 Å². The molecule has 0 atom stereocenters. The topological polar surface area (TPSA) is 109 Å². The lowest BCUT2D eigenvalue weighted by molar-refractivity contribution is -0.116. The fourth-order valence-electron chi connectivity index (χ4n) is 2.52. The van der Waals surface area contributed by atoms with Crippen molar-refractivity contribution in [1.29, 1.82) is 5.26 Å². The molecule has 9 heteroatoms. The Morgan fingerprint density at radius 3 is 2.45 bits per heavy atom. The molecular weight excluding hydrogens is 394 g/mol. The van der Waals surface area contributed by atoms with Gasteiger partial charge in [0.25, 0.3) is 0 Å². The quantitative estimate of drug-likeness (QED) is 0.672. The van der Waals surface area contributed by atoms with Gasteiger partial charge in [0.05, 0.1) is 36.3 Å². The molecule has 0 saturated heterocycles. The maximum Gasteiger partial charge on any atom is 0.243 e. The predicted octanol–water partition coefficient (Wildman–Crippen LogP) is 2.61. The maximum atomic E-state index is 12.6. The summed E-state index contributed by atoms with van der Waals surface area (Å²) in [7, 11) is -2.61. The lowest BCUT2D eigenvalue weighted by Crippen LogP contribution is -2.35. The molecule has 0 unspecified atom stereocenters. The Kier molecular flexibility index (Phi) is 7.59. The molecule has 0 heterocycles. The summed E-state index contributed by atoms with van der Waals surface area (Å²) in [5.74, 6) is 0.532. The van der Waals surface area contributed by atoms with E-state index < -0.39 is 22.5 Å². The van der Waals surface area contributed by atoms with Crippen LogP contribution in [0, 0.1) is 11.3 Å². The zero-order chi connectivity index (χ0) is 21.4. The standard InChI is InChI=1S/C20H23N3O5S/c1-4-27-18-10-9-16(12-19(18)28-5-2)22-20(24)14-23(3)29(25,26)17-8-6-7-15(11-17)13-21/h6-12H,4-5,14H2,1-3H3,(H,22,24). The Hall–Kier alpha value is -3.09. The highest BCUT2D eigenvalue weighted by molar-refractivity contribution is 7.89. The summed E-state index contributed by atoms with van der Waals surface area (Å²) in [4.78, 5) is 12.3. The summed E-state index contributed by atoms with van der Waals surface area (Å²) in [5, 5.41) is 11.6. The average Bonchev–Trinajstić information content (AvgIpc) is 2.70. The van der Waals surface area contributed by atoms with Crippen molar-refractivity contribution in [3.63, 3.8) is 0 Å². The van der Waals surface area contributed by atoms with E-state index in [4.69, 9.17) is 14.7 Å². The Morgan fingerprint density at radius 1 is 1.10 bits per heavy atom. The number of ether oxygens (including phenoxy) is 2. The molecule has 0 aliphatic carbocycles. The second-order valence-electron chi connectivity index (χ2n) is 5.98. The van der Waals surface area contributed by atoms with E-state index in [-0.39, 0.29) is 10.5 Å². The highest BCUT2D eigenvalue weighted by atomic mass is 32.2. The van der Waals surface area contributed by atoms with Crippen molar-refractivity contribution < 1.29 is 22.7 Å². The van der Waals surface area contributed by atoms with Crippen LogP contribution in [0.15, 0.2) is 47.4 Å². The molecule has 29 heavy (non-hydrogen) atoms. The first-order valence-electron chi connectivity index (χ1n) is 8.97. The molecule has 1 amide bonds. The van der Waals surface area contributed by atoms with Crippen LogP contribution in [0.5, 0.6) is 11.5 Å². The van der Waals surface area contributed by atoms with E-state index in [2.05, 4.69) is 5.32 Å². The monoisotopic (exact) mass is 417 g/mol. The van der Waals surface area contributed by atoms with Crippen LogP contribution < -0.4 is 14.8 Å². The number of amides is 1. The van der Waals surface area contributed by atoms with E-state index in [1.165, 1.54) is 31.3 Å². The number of carbonyl (C=O) groups is 1. The van der Waals surface area contributed by atoms with Crippen molar-refractivity contribution in [3.05, 3.63) is 48.0 Å². The van der Waals surface area contributed by atoms with Crippen LogP contribution in [0.3, 0.4) is 0 Å². The minimum atomic E-state index is -3.91. The fraction of sp³-hybridized carbons (Fsp3) is 0.300. The molecular formula is C20H23N3O5S. The molecule has 0 bridgehead atoms. The fourth-order valence-corrected chi connectivity index (χ4v) is 3.70. The van der Waals surface area contributed by atoms with Crippen molar-refractivity contribution in [2.45, 2.75) is 18.7 Å². The number of nitrogens with zero attached hydrogens (tertiary/aromatic N) is 2. The largest absolute Gasteiger partial charge is 0.490 e. The zero-order valence-electron chi connectivity index (χ0n) is 16.5. The second kappa shape index (κ2) is 9.91. The number of likely N-dealkylation sites (N-methyl/N-ethyl adjacent to an activating group) is 1. The van der Waals surface area contributed by atoms with Gasteiger partial charge in [-0.05, 0) is 44.2 Å². The zero-order valence-corrected chi connectivity index (χ0v) is 17.3. The van der Waals surface area contributed by atoms with Crippen molar-refractivity contribution in [2.24, 2.45) is 0 Å². The van der Waals surface area contributed by atoms with Crippen molar-refractivity contribution in [2.75, 3.05) is 32.1 Å². The number of rotatable bonds is 9. The number of nitriles is 1. The van der Waals surface area contributed by atoms with E-state index in [1.807, 2.05) is 19.9 Å². The Morgan fingerprint density at radius 2 is 1.79 bits per heavy atom. The number of hydrogen-bond acceptors (Lipinski definition) is 6. The third-order valence-corrected chi connectivity index (χ3v) is 5.66. The van der Waals surface area contributed by atoms with Crippen molar-refractivity contribution in [1.82, 2.24) is 4.31 Å². The second-order valence-corrected chi connectivity index (χ2v) is 8.02. The number of benzene rings is 2. The molecule has 8 nitrogen and oxygen atoms in total. The number of nitrogens with one attached hydrogen (secondary N) is 1. The third kappa shape index (κ3) is 5.70. The van der Waals surface area contributed by atoms with Crippen LogP contribution in [0.1, 0.15) is 19.4 Å². The lowest BCUT2D eigenvalue weighted by Gasteiger charge is -2.17. The first-order chi connectivity index (χ1) is 13.8. The average molecular weight is 417 g/mol. The molecule has 1 N–H and O–H groups in total. The molecule has 0 aromatic heterocycles. The van der Waals surface area contributed by atoms with Gasteiger partial charge in [-0.15, -0.1) is 0 Å².